The minimum absolute atomic E-state index is 0.0323. The molecule has 1 atom stereocenters. The molecule has 1 aromatic carbocycles. The molecule has 3 rings (SSSR count). The van der Waals surface area contributed by atoms with Gasteiger partial charge in [-0.1, -0.05) is 12.1 Å². The quantitative estimate of drug-likeness (QED) is 0.710. The molecule has 8 heteroatoms. The third kappa shape index (κ3) is 5.40. The van der Waals surface area contributed by atoms with Gasteiger partial charge in [0.05, 0.1) is 18.9 Å². The van der Waals surface area contributed by atoms with Crippen LogP contribution in [0, 0.1) is 5.82 Å². The highest BCUT2D eigenvalue weighted by molar-refractivity contribution is 5.75. The fourth-order valence-electron chi connectivity index (χ4n) is 2.97. The van der Waals surface area contributed by atoms with Gasteiger partial charge in [0, 0.05) is 24.9 Å². The molecule has 2 N–H and O–H groups in total. The lowest BCUT2D eigenvalue weighted by molar-refractivity contribution is -0.122. The van der Waals surface area contributed by atoms with Crippen molar-refractivity contribution in [3.63, 3.8) is 0 Å². The Morgan fingerprint density at radius 1 is 1.36 bits per heavy atom. The third-order valence-electron chi connectivity index (χ3n) is 4.52. The average Bonchev–Trinajstić information content (AvgIpc) is 3.21. The zero-order valence-electron chi connectivity index (χ0n) is 15.4. The van der Waals surface area contributed by atoms with Gasteiger partial charge in [-0.25, -0.2) is 4.39 Å². The molecule has 0 saturated carbocycles. The lowest BCUT2D eigenvalue weighted by Crippen LogP contribution is -2.34. The van der Waals surface area contributed by atoms with Crippen molar-refractivity contribution < 1.29 is 23.8 Å². The standard InChI is InChI=1S/C20H23FN2O5/c21-15-5-3-14(4-6-15)13-28-19-10-23(16(12-24)8-18(19)25)11-20(26)22-9-17-2-1-7-27-17/h3-6,8,10,17,24H,1-2,7,9,11-13H2,(H,22,26)/t17-/m0/s1. The molecule has 1 aliphatic rings. The molecule has 0 bridgehead atoms. The first-order chi connectivity index (χ1) is 13.5. The first kappa shape index (κ1) is 20.0. The number of rotatable bonds is 8. The van der Waals surface area contributed by atoms with Gasteiger partial charge in [-0.15, -0.1) is 0 Å². The summed E-state index contributed by atoms with van der Waals surface area (Å²) in [7, 11) is 0. The molecule has 1 amide bonds. The van der Waals surface area contributed by atoms with Crippen molar-refractivity contribution >= 4 is 5.91 Å². The summed E-state index contributed by atoms with van der Waals surface area (Å²) < 4.78 is 25.5. The van der Waals surface area contributed by atoms with E-state index in [-0.39, 0.29) is 43.3 Å². The number of carbonyl (C=O) groups is 1. The average molecular weight is 390 g/mol. The van der Waals surface area contributed by atoms with E-state index in [1.165, 1.54) is 29.0 Å². The van der Waals surface area contributed by atoms with E-state index in [0.29, 0.717) is 24.4 Å². The Labute approximate surface area is 161 Å². The van der Waals surface area contributed by atoms with Crippen LogP contribution in [0.25, 0.3) is 0 Å². The number of aliphatic hydroxyl groups excluding tert-OH is 1. The van der Waals surface area contributed by atoms with Gasteiger partial charge in [0.2, 0.25) is 11.3 Å². The summed E-state index contributed by atoms with van der Waals surface area (Å²) in [6, 6.07) is 6.99. The highest BCUT2D eigenvalue weighted by Crippen LogP contribution is 2.12. The third-order valence-corrected chi connectivity index (χ3v) is 4.52. The summed E-state index contributed by atoms with van der Waals surface area (Å²) in [5.41, 5.74) is 0.612. The molecular formula is C20H23FN2O5. The van der Waals surface area contributed by atoms with Crippen molar-refractivity contribution in [1.29, 1.82) is 0 Å². The monoisotopic (exact) mass is 390 g/mol. The lowest BCUT2D eigenvalue weighted by Gasteiger charge is -2.15. The van der Waals surface area contributed by atoms with E-state index in [1.54, 1.807) is 12.1 Å². The second-order valence-electron chi connectivity index (χ2n) is 6.63. The summed E-state index contributed by atoms with van der Waals surface area (Å²) in [5.74, 6) is -0.556. The van der Waals surface area contributed by atoms with Crippen LogP contribution in [0.5, 0.6) is 5.75 Å². The van der Waals surface area contributed by atoms with Crippen LogP contribution in [0.1, 0.15) is 24.1 Å². The molecule has 1 saturated heterocycles. The number of ether oxygens (including phenoxy) is 2. The summed E-state index contributed by atoms with van der Waals surface area (Å²) in [4.78, 5) is 24.4. The van der Waals surface area contributed by atoms with Gasteiger partial charge in [0.1, 0.15) is 19.0 Å². The normalized spacial score (nSPS) is 16.1. The van der Waals surface area contributed by atoms with Gasteiger partial charge in [0.25, 0.3) is 0 Å². The number of carbonyl (C=O) groups excluding carboxylic acids is 1. The Morgan fingerprint density at radius 2 is 2.14 bits per heavy atom. The second kappa shape index (κ2) is 9.48. The van der Waals surface area contributed by atoms with Gasteiger partial charge in [-0.2, -0.15) is 0 Å². The Kier molecular flexibility index (Phi) is 6.78. The maximum absolute atomic E-state index is 13.0. The number of nitrogens with zero attached hydrogens (tertiary/aromatic N) is 1. The van der Waals surface area contributed by atoms with E-state index < -0.39 is 5.43 Å². The molecule has 0 spiro atoms. The van der Waals surface area contributed by atoms with Gasteiger partial charge in [0.15, 0.2) is 5.75 Å². The SMILES string of the molecule is O=C(Cn1cc(OCc2ccc(F)cc2)c(=O)cc1CO)NC[C@@H]1CCCO1. The van der Waals surface area contributed by atoms with Crippen molar-refractivity contribution in [1.82, 2.24) is 9.88 Å². The van der Waals surface area contributed by atoms with E-state index >= 15 is 0 Å². The molecule has 0 unspecified atom stereocenters. The number of nitrogens with one attached hydrogen (secondary N) is 1. The van der Waals surface area contributed by atoms with Gasteiger partial charge in [-0.05, 0) is 30.5 Å². The highest BCUT2D eigenvalue weighted by atomic mass is 19.1. The van der Waals surface area contributed by atoms with Crippen molar-refractivity contribution in [3.8, 4) is 5.75 Å². The maximum atomic E-state index is 13.0. The van der Waals surface area contributed by atoms with Crippen LogP contribution in [-0.4, -0.2) is 34.8 Å². The van der Waals surface area contributed by atoms with Crippen LogP contribution >= 0.6 is 0 Å². The molecule has 2 aromatic rings. The Balaban J connectivity index is 1.65. The van der Waals surface area contributed by atoms with E-state index in [1.807, 2.05) is 0 Å². The van der Waals surface area contributed by atoms with Crippen LogP contribution in [0.15, 0.2) is 41.3 Å². The van der Waals surface area contributed by atoms with E-state index in [4.69, 9.17) is 9.47 Å². The van der Waals surface area contributed by atoms with Crippen molar-refractivity contribution in [3.05, 3.63) is 63.8 Å². The Hall–Kier alpha value is -2.71. The van der Waals surface area contributed by atoms with Crippen LogP contribution in [-0.2, 0) is 29.3 Å². The zero-order chi connectivity index (χ0) is 19.9. The fourth-order valence-corrected chi connectivity index (χ4v) is 2.97. The predicted octanol–water partition coefficient (Wildman–Crippen LogP) is 1.35. The summed E-state index contributed by atoms with van der Waals surface area (Å²) in [5, 5.41) is 12.3. The number of aromatic nitrogens is 1. The molecule has 0 radical (unpaired) electrons. The maximum Gasteiger partial charge on any atom is 0.240 e. The topological polar surface area (TPSA) is 89.8 Å². The fraction of sp³-hybridized carbons (Fsp3) is 0.400. The number of hydrogen-bond acceptors (Lipinski definition) is 5. The first-order valence-corrected chi connectivity index (χ1v) is 9.15. The van der Waals surface area contributed by atoms with Crippen LogP contribution in [0.4, 0.5) is 4.39 Å². The molecule has 150 valence electrons. The lowest BCUT2D eigenvalue weighted by atomic mass is 10.2. The summed E-state index contributed by atoms with van der Waals surface area (Å²) in [6.07, 6.45) is 3.35. The minimum atomic E-state index is -0.401. The smallest absolute Gasteiger partial charge is 0.240 e. The largest absolute Gasteiger partial charge is 0.483 e. The van der Waals surface area contributed by atoms with E-state index in [0.717, 1.165) is 12.8 Å². The zero-order valence-corrected chi connectivity index (χ0v) is 15.4. The number of halogens is 1. The molecule has 0 aliphatic carbocycles. The van der Waals surface area contributed by atoms with Gasteiger partial charge < -0.3 is 24.5 Å². The van der Waals surface area contributed by atoms with Crippen molar-refractivity contribution in [2.45, 2.75) is 38.7 Å². The Morgan fingerprint density at radius 3 is 2.82 bits per heavy atom. The predicted molar refractivity (Wildman–Crippen MR) is 99.3 cm³/mol. The molecule has 7 nitrogen and oxygen atoms in total. The minimum Gasteiger partial charge on any atom is -0.483 e. The van der Waals surface area contributed by atoms with Gasteiger partial charge in [-0.3, -0.25) is 9.59 Å². The van der Waals surface area contributed by atoms with Crippen LogP contribution < -0.4 is 15.5 Å². The number of hydrogen-bond donors (Lipinski definition) is 2. The van der Waals surface area contributed by atoms with E-state index in [9.17, 15) is 19.1 Å². The molecule has 2 heterocycles. The molecule has 1 fully saturated rings. The van der Waals surface area contributed by atoms with Crippen molar-refractivity contribution in [2.75, 3.05) is 13.2 Å². The number of aliphatic hydroxyl groups is 1. The number of benzene rings is 1. The first-order valence-electron chi connectivity index (χ1n) is 9.15. The highest BCUT2D eigenvalue weighted by Gasteiger charge is 2.17. The molecule has 1 aliphatic heterocycles. The van der Waals surface area contributed by atoms with E-state index in [2.05, 4.69) is 5.32 Å². The molecule has 28 heavy (non-hydrogen) atoms. The summed E-state index contributed by atoms with van der Waals surface area (Å²) >= 11 is 0. The second-order valence-corrected chi connectivity index (χ2v) is 6.63. The van der Waals surface area contributed by atoms with Crippen LogP contribution in [0.3, 0.4) is 0 Å². The summed E-state index contributed by atoms with van der Waals surface area (Å²) in [6.45, 7) is 0.784. The molecular weight excluding hydrogens is 367 g/mol. The number of amides is 1. The Bertz CT molecular complexity index is 860. The molecule has 1 aromatic heterocycles. The van der Waals surface area contributed by atoms with Gasteiger partial charge >= 0.3 is 0 Å². The van der Waals surface area contributed by atoms with Crippen molar-refractivity contribution in [2.24, 2.45) is 0 Å². The van der Waals surface area contributed by atoms with Crippen LogP contribution in [0.2, 0.25) is 0 Å². The number of pyridine rings is 1.